The summed E-state index contributed by atoms with van der Waals surface area (Å²) in [6.07, 6.45) is 1.72. The van der Waals surface area contributed by atoms with Gasteiger partial charge in [-0.1, -0.05) is 0 Å². The Morgan fingerprint density at radius 2 is 2.12 bits per heavy atom. The number of nitrogens with two attached hydrogens (primary N) is 1. The lowest BCUT2D eigenvalue weighted by Crippen LogP contribution is -1.98. The van der Waals surface area contributed by atoms with Crippen LogP contribution >= 0.6 is 15.9 Å². The van der Waals surface area contributed by atoms with E-state index in [2.05, 4.69) is 25.9 Å². The molecular formula is C12H12BrN3O. The molecule has 0 amide bonds. The van der Waals surface area contributed by atoms with E-state index in [9.17, 15) is 0 Å². The number of benzene rings is 1. The van der Waals surface area contributed by atoms with Gasteiger partial charge in [-0.05, 0) is 41.1 Å². The maximum absolute atomic E-state index is 5.76. The number of nitrogens with zero attached hydrogens (tertiary/aromatic N) is 2. The summed E-state index contributed by atoms with van der Waals surface area (Å²) in [6.45, 7) is 1.88. The van der Waals surface area contributed by atoms with Crippen LogP contribution in [0.4, 0.5) is 5.82 Å². The van der Waals surface area contributed by atoms with Gasteiger partial charge in [0, 0.05) is 17.3 Å². The fourth-order valence-electron chi connectivity index (χ4n) is 1.40. The van der Waals surface area contributed by atoms with Gasteiger partial charge in [-0.2, -0.15) is 0 Å². The highest BCUT2D eigenvalue weighted by Crippen LogP contribution is 2.29. The van der Waals surface area contributed by atoms with Gasteiger partial charge in [0.25, 0.3) is 0 Å². The second kappa shape index (κ2) is 4.71. The van der Waals surface area contributed by atoms with Crippen molar-refractivity contribution in [3.05, 3.63) is 34.4 Å². The van der Waals surface area contributed by atoms with Crippen molar-refractivity contribution in [2.75, 3.05) is 12.8 Å². The molecule has 0 radical (unpaired) electrons. The normalized spacial score (nSPS) is 10.3. The zero-order valence-electron chi connectivity index (χ0n) is 9.57. The Kier molecular flexibility index (Phi) is 3.28. The molecular weight excluding hydrogens is 282 g/mol. The molecule has 1 aromatic carbocycles. The first kappa shape index (κ1) is 11.9. The third kappa shape index (κ3) is 2.39. The second-order valence-electron chi connectivity index (χ2n) is 3.61. The molecule has 0 aliphatic heterocycles. The Balaban J connectivity index is 2.46. The second-order valence-corrected chi connectivity index (χ2v) is 4.47. The number of anilines is 1. The zero-order chi connectivity index (χ0) is 12.4. The van der Waals surface area contributed by atoms with Crippen LogP contribution in [0.15, 0.2) is 28.9 Å². The predicted octanol–water partition coefficient (Wildman–Crippen LogP) is 2.81. The van der Waals surface area contributed by atoms with E-state index in [0.717, 1.165) is 21.3 Å². The van der Waals surface area contributed by atoms with E-state index in [0.29, 0.717) is 11.6 Å². The van der Waals surface area contributed by atoms with Gasteiger partial charge in [0.15, 0.2) is 5.82 Å². The minimum absolute atomic E-state index is 0.502. The van der Waals surface area contributed by atoms with Crippen molar-refractivity contribution in [3.8, 4) is 17.1 Å². The average Bonchev–Trinajstić information content (AvgIpc) is 2.32. The van der Waals surface area contributed by atoms with E-state index in [4.69, 9.17) is 10.5 Å². The number of methoxy groups -OCH3 is 1. The largest absolute Gasteiger partial charge is 0.496 e. The quantitative estimate of drug-likeness (QED) is 0.925. The molecule has 17 heavy (non-hydrogen) atoms. The van der Waals surface area contributed by atoms with Gasteiger partial charge in [-0.25, -0.2) is 9.97 Å². The molecule has 0 aliphatic carbocycles. The molecule has 0 fully saturated rings. The van der Waals surface area contributed by atoms with E-state index in [1.54, 1.807) is 13.3 Å². The van der Waals surface area contributed by atoms with Crippen LogP contribution in [0.3, 0.4) is 0 Å². The molecule has 0 spiro atoms. The summed E-state index contributed by atoms with van der Waals surface area (Å²) in [5.74, 6) is 1.88. The van der Waals surface area contributed by atoms with Crippen LogP contribution in [0.2, 0.25) is 0 Å². The first-order chi connectivity index (χ1) is 8.11. The molecule has 0 saturated carbocycles. The molecule has 1 heterocycles. The highest BCUT2D eigenvalue weighted by atomic mass is 79.9. The Bertz CT molecular complexity index is 557. The summed E-state index contributed by atoms with van der Waals surface area (Å²) < 4.78 is 6.03. The summed E-state index contributed by atoms with van der Waals surface area (Å²) in [5.41, 5.74) is 7.53. The number of hydrogen-bond donors (Lipinski definition) is 1. The van der Waals surface area contributed by atoms with Crippen LogP contribution < -0.4 is 10.5 Å². The Morgan fingerprint density at radius 3 is 2.71 bits per heavy atom. The molecule has 0 bridgehead atoms. The van der Waals surface area contributed by atoms with Crippen molar-refractivity contribution in [1.82, 2.24) is 9.97 Å². The van der Waals surface area contributed by atoms with Crippen molar-refractivity contribution < 1.29 is 4.74 Å². The number of hydrogen-bond acceptors (Lipinski definition) is 4. The Labute approximate surface area is 108 Å². The van der Waals surface area contributed by atoms with E-state index < -0.39 is 0 Å². The summed E-state index contributed by atoms with van der Waals surface area (Å²) >= 11 is 3.43. The van der Waals surface area contributed by atoms with Gasteiger partial charge in [0.05, 0.1) is 11.6 Å². The summed E-state index contributed by atoms with van der Waals surface area (Å²) in [5, 5.41) is 0. The van der Waals surface area contributed by atoms with Crippen molar-refractivity contribution >= 4 is 21.7 Å². The lowest BCUT2D eigenvalue weighted by atomic mass is 10.2. The van der Waals surface area contributed by atoms with Gasteiger partial charge in [0.1, 0.15) is 11.6 Å². The van der Waals surface area contributed by atoms with Crippen molar-refractivity contribution in [1.29, 1.82) is 0 Å². The molecule has 2 rings (SSSR count). The van der Waals surface area contributed by atoms with Gasteiger partial charge in [0.2, 0.25) is 0 Å². The minimum Gasteiger partial charge on any atom is -0.496 e. The number of halogens is 1. The van der Waals surface area contributed by atoms with Crippen LogP contribution in [-0.4, -0.2) is 17.1 Å². The van der Waals surface area contributed by atoms with Crippen LogP contribution in [0.5, 0.6) is 5.75 Å². The van der Waals surface area contributed by atoms with Crippen molar-refractivity contribution in [3.63, 3.8) is 0 Å². The first-order valence-electron chi connectivity index (χ1n) is 5.05. The number of nitrogen functional groups attached to an aromatic ring is 1. The standard InChI is InChI=1S/C12H12BrN3O/c1-7-6-15-12(16-11(7)14)8-3-4-10(17-2)9(13)5-8/h3-6H,1-2H3,(H2,14,15,16). The van der Waals surface area contributed by atoms with E-state index in [1.165, 1.54) is 0 Å². The number of aryl methyl sites for hydroxylation is 1. The van der Waals surface area contributed by atoms with Crippen LogP contribution in [-0.2, 0) is 0 Å². The monoisotopic (exact) mass is 293 g/mol. The molecule has 0 atom stereocenters. The molecule has 4 nitrogen and oxygen atoms in total. The lowest BCUT2D eigenvalue weighted by Gasteiger charge is -2.06. The lowest BCUT2D eigenvalue weighted by molar-refractivity contribution is 0.412. The van der Waals surface area contributed by atoms with Crippen molar-refractivity contribution in [2.45, 2.75) is 6.92 Å². The molecule has 0 aliphatic rings. The minimum atomic E-state index is 0.502. The maximum Gasteiger partial charge on any atom is 0.161 e. The third-order valence-corrected chi connectivity index (χ3v) is 3.04. The van der Waals surface area contributed by atoms with Gasteiger partial charge >= 0.3 is 0 Å². The van der Waals surface area contributed by atoms with Gasteiger partial charge in [-0.3, -0.25) is 0 Å². The molecule has 0 unspecified atom stereocenters. The molecule has 88 valence electrons. The van der Waals surface area contributed by atoms with E-state index in [-0.39, 0.29) is 0 Å². The molecule has 0 saturated heterocycles. The Hall–Kier alpha value is -1.62. The SMILES string of the molecule is COc1ccc(-c2ncc(C)c(N)n2)cc1Br. The van der Waals surface area contributed by atoms with Crippen LogP contribution in [0, 0.1) is 6.92 Å². The van der Waals surface area contributed by atoms with Crippen LogP contribution in [0.1, 0.15) is 5.56 Å². The fourth-order valence-corrected chi connectivity index (χ4v) is 1.94. The highest BCUT2D eigenvalue weighted by Gasteiger charge is 2.07. The predicted molar refractivity (Wildman–Crippen MR) is 70.9 cm³/mol. The van der Waals surface area contributed by atoms with Crippen LogP contribution in [0.25, 0.3) is 11.4 Å². The highest BCUT2D eigenvalue weighted by molar-refractivity contribution is 9.10. The fraction of sp³-hybridized carbons (Fsp3) is 0.167. The average molecular weight is 294 g/mol. The maximum atomic E-state index is 5.76. The number of aromatic nitrogens is 2. The van der Waals surface area contributed by atoms with E-state index in [1.807, 2.05) is 25.1 Å². The smallest absolute Gasteiger partial charge is 0.161 e. The summed E-state index contributed by atoms with van der Waals surface area (Å²) in [4.78, 5) is 8.50. The zero-order valence-corrected chi connectivity index (χ0v) is 11.2. The van der Waals surface area contributed by atoms with Gasteiger partial charge < -0.3 is 10.5 Å². The molecule has 2 aromatic rings. The van der Waals surface area contributed by atoms with E-state index >= 15 is 0 Å². The first-order valence-corrected chi connectivity index (χ1v) is 5.84. The Morgan fingerprint density at radius 1 is 1.35 bits per heavy atom. The third-order valence-electron chi connectivity index (χ3n) is 2.42. The summed E-state index contributed by atoms with van der Waals surface area (Å²) in [7, 11) is 1.63. The van der Waals surface area contributed by atoms with Gasteiger partial charge in [-0.15, -0.1) is 0 Å². The molecule has 1 aromatic heterocycles. The molecule has 2 N–H and O–H groups in total. The van der Waals surface area contributed by atoms with Crippen molar-refractivity contribution in [2.24, 2.45) is 0 Å². The number of ether oxygens (including phenoxy) is 1. The number of rotatable bonds is 2. The topological polar surface area (TPSA) is 61.0 Å². The molecule has 5 heteroatoms. The summed E-state index contributed by atoms with van der Waals surface area (Å²) in [6, 6.07) is 5.66.